The summed E-state index contributed by atoms with van der Waals surface area (Å²) in [6, 6.07) is 9.41. The molecule has 0 bridgehead atoms. The van der Waals surface area contributed by atoms with Crippen LogP contribution in [0, 0.1) is 0 Å². The summed E-state index contributed by atoms with van der Waals surface area (Å²) in [5.41, 5.74) is 0. The molecule has 106 valence electrons. The molecule has 1 atom stereocenters. The highest BCUT2D eigenvalue weighted by Crippen LogP contribution is 2.24. The van der Waals surface area contributed by atoms with Crippen LogP contribution in [0.2, 0.25) is 0 Å². The van der Waals surface area contributed by atoms with Gasteiger partial charge >= 0.3 is 0 Å². The molecule has 0 saturated carbocycles. The van der Waals surface area contributed by atoms with E-state index in [0.717, 1.165) is 10.2 Å². The number of hydrogen-bond donors (Lipinski definition) is 1. The SMILES string of the molecule is C[C@@H](CNC(=O)Cn1cccn1)Oc1ccccc1Br. The Bertz CT molecular complexity index is 557. The molecule has 6 heteroatoms. The van der Waals surface area contributed by atoms with E-state index >= 15 is 0 Å². The van der Waals surface area contributed by atoms with Crippen LogP contribution in [0.25, 0.3) is 0 Å². The van der Waals surface area contributed by atoms with E-state index in [1.807, 2.05) is 31.2 Å². The summed E-state index contributed by atoms with van der Waals surface area (Å²) in [6.45, 7) is 2.57. The molecule has 1 N–H and O–H groups in total. The number of benzene rings is 1. The second kappa shape index (κ2) is 7.09. The van der Waals surface area contributed by atoms with Gasteiger partial charge in [-0.1, -0.05) is 12.1 Å². The molecule has 0 fully saturated rings. The van der Waals surface area contributed by atoms with Crippen molar-refractivity contribution in [2.45, 2.75) is 19.6 Å². The number of aromatic nitrogens is 2. The molecule has 0 aliphatic carbocycles. The molecule has 0 aliphatic heterocycles. The molecule has 0 radical (unpaired) electrons. The molecule has 20 heavy (non-hydrogen) atoms. The van der Waals surface area contributed by atoms with Crippen LogP contribution in [-0.4, -0.2) is 28.3 Å². The van der Waals surface area contributed by atoms with Gasteiger partial charge in [-0.2, -0.15) is 5.10 Å². The van der Waals surface area contributed by atoms with Crippen molar-refractivity contribution in [3.63, 3.8) is 0 Å². The number of amides is 1. The third-order valence-corrected chi connectivity index (χ3v) is 3.27. The first-order chi connectivity index (χ1) is 9.65. The van der Waals surface area contributed by atoms with Crippen LogP contribution in [0.4, 0.5) is 0 Å². The Balaban J connectivity index is 1.76. The van der Waals surface area contributed by atoms with Crippen molar-refractivity contribution in [1.29, 1.82) is 0 Å². The first-order valence-corrected chi connectivity index (χ1v) is 7.10. The van der Waals surface area contributed by atoms with Crippen LogP contribution in [-0.2, 0) is 11.3 Å². The average molecular weight is 338 g/mol. The summed E-state index contributed by atoms with van der Waals surface area (Å²) in [6.07, 6.45) is 3.28. The predicted molar refractivity (Wildman–Crippen MR) is 79.5 cm³/mol. The lowest BCUT2D eigenvalue weighted by atomic mass is 10.3. The lowest BCUT2D eigenvalue weighted by Crippen LogP contribution is -2.35. The second-order valence-electron chi connectivity index (χ2n) is 4.37. The fraction of sp³-hybridized carbons (Fsp3) is 0.286. The number of nitrogens with zero attached hydrogens (tertiary/aromatic N) is 2. The molecule has 0 spiro atoms. The minimum absolute atomic E-state index is 0.0868. The van der Waals surface area contributed by atoms with E-state index in [-0.39, 0.29) is 18.6 Å². The van der Waals surface area contributed by atoms with Crippen molar-refractivity contribution in [3.8, 4) is 5.75 Å². The molecular formula is C14H16BrN3O2. The average Bonchev–Trinajstić information content (AvgIpc) is 2.92. The molecule has 0 aliphatic rings. The highest BCUT2D eigenvalue weighted by Gasteiger charge is 2.09. The maximum absolute atomic E-state index is 11.7. The number of carbonyl (C=O) groups excluding carboxylic acids is 1. The minimum Gasteiger partial charge on any atom is -0.488 e. The monoisotopic (exact) mass is 337 g/mol. The topological polar surface area (TPSA) is 56.2 Å². The highest BCUT2D eigenvalue weighted by molar-refractivity contribution is 9.10. The maximum atomic E-state index is 11.7. The Labute approximate surface area is 126 Å². The number of halogens is 1. The second-order valence-corrected chi connectivity index (χ2v) is 5.22. The van der Waals surface area contributed by atoms with E-state index in [1.54, 1.807) is 23.1 Å². The molecule has 1 aromatic heterocycles. The van der Waals surface area contributed by atoms with E-state index in [9.17, 15) is 4.79 Å². The Morgan fingerprint density at radius 1 is 1.45 bits per heavy atom. The van der Waals surface area contributed by atoms with Crippen molar-refractivity contribution in [2.75, 3.05) is 6.54 Å². The fourth-order valence-corrected chi connectivity index (χ4v) is 2.03. The van der Waals surface area contributed by atoms with E-state index < -0.39 is 0 Å². The van der Waals surface area contributed by atoms with Crippen LogP contribution < -0.4 is 10.1 Å². The lowest BCUT2D eigenvalue weighted by Gasteiger charge is -2.16. The number of nitrogens with one attached hydrogen (secondary N) is 1. The van der Waals surface area contributed by atoms with Crippen LogP contribution in [0.15, 0.2) is 47.2 Å². The quantitative estimate of drug-likeness (QED) is 0.879. The number of para-hydroxylation sites is 1. The zero-order chi connectivity index (χ0) is 14.4. The summed E-state index contributed by atoms with van der Waals surface area (Å²) in [7, 11) is 0. The van der Waals surface area contributed by atoms with Crippen molar-refractivity contribution in [1.82, 2.24) is 15.1 Å². The molecule has 1 amide bonds. The van der Waals surface area contributed by atoms with E-state index in [1.165, 1.54) is 0 Å². The number of ether oxygens (including phenoxy) is 1. The first-order valence-electron chi connectivity index (χ1n) is 6.30. The van der Waals surface area contributed by atoms with Gasteiger partial charge in [0.25, 0.3) is 0 Å². The largest absolute Gasteiger partial charge is 0.488 e. The van der Waals surface area contributed by atoms with Gasteiger partial charge in [0.2, 0.25) is 5.91 Å². The van der Waals surface area contributed by atoms with Gasteiger partial charge in [-0.3, -0.25) is 9.48 Å². The Kier molecular flexibility index (Phi) is 5.17. The zero-order valence-corrected chi connectivity index (χ0v) is 12.7. The fourth-order valence-electron chi connectivity index (χ4n) is 1.65. The number of hydrogen-bond acceptors (Lipinski definition) is 3. The first kappa shape index (κ1) is 14.6. The third kappa shape index (κ3) is 4.38. The molecule has 2 aromatic rings. The lowest BCUT2D eigenvalue weighted by molar-refractivity contribution is -0.122. The Hall–Kier alpha value is -1.82. The third-order valence-electron chi connectivity index (χ3n) is 2.62. The van der Waals surface area contributed by atoms with Gasteiger partial charge < -0.3 is 10.1 Å². The molecular weight excluding hydrogens is 322 g/mol. The van der Waals surface area contributed by atoms with Crippen molar-refractivity contribution < 1.29 is 9.53 Å². The van der Waals surface area contributed by atoms with Gasteiger partial charge in [-0.25, -0.2) is 0 Å². The molecule has 0 saturated heterocycles. The summed E-state index contributed by atoms with van der Waals surface area (Å²) < 4.78 is 8.22. The normalized spacial score (nSPS) is 11.9. The van der Waals surface area contributed by atoms with Gasteiger partial charge in [0.05, 0.1) is 11.0 Å². The zero-order valence-electron chi connectivity index (χ0n) is 11.1. The minimum atomic E-state index is -0.115. The summed E-state index contributed by atoms with van der Waals surface area (Å²) in [5, 5.41) is 6.80. The molecule has 1 heterocycles. The molecule has 1 aromatic carbocycles. The van der Waals surface area contributed by atoms with Crippen molar-refractivity contribution in [3.05, 3.63) is 47.2 Å². The van der Waals surface area contributed by atoms with E-state index in [0.29, 0.717) is 6.54 Å². The van der Waals surface area contributed by atoms with E-state index in [4.69, 9.17) is 4.74 Å². The number of carbonyl (C=O) groups is 1. The van der Waals surface area contributed by atoms with Crippen LogP contribution in [0.3, 0.4) is 0 Å². The van der Waals surface area contributed by atoms with Crippen molar-refractivity contribution in [2.24, 2.45) is 0 Å². The van der Waals surface area contributed by atoms with Crippen LogP contribution in [0.1, 0.15) is 6.92 Å². The maximum Gasteiger partial charge on any atom is 0.241 e. The molecule has 5 nitrogen and oxygen atoms in total. The summed E-state index contributed by atoms with van der Waals surface area (Å²) in [4.78, 5) is 11.7. The Morgan fingerprint density at radius 3 is 2.95 bits per heavy atom. The van der Waals surface area contributed by atoms with Gasteiger partial charge in [0, 0.05) is 12.4 Å². The predicted octanol–water partition coefficient (Wildman–Crippen LogP) is 2.23. The molecule has 2 rings (SSSR count). The molecule has 0 unspecified atom stereocenters. The summed E-state index contributed by atoms with van der Waals surface area (Å²) >= 11 is 3.42. The standard InChI is InChI=1S/C14H16BrN3O2/c1-11(20-13-6-3-2-5-12(13)15)9-16-14(19)10-18-8-4-7-17-18/h2-8,11H,9-10H2,1H3,(H,16,19)/t11-/m0/s1. The highest BCUT2D eigenvalue weighted by atomic mass is 79.9. The van der Waals surface area contributed by atoms with Gasteiger partial charge in [-0.15, -0.1) is 0 Å². The Morgan fingerprint density at radius 2 is 2.25 bits per heavy atom. The number of rotatable bonds is 6. The van der Waals surface area contributed by atoms with Crippen LogP contribution >= 0.6 is 15.9 Å². The van der Waals surface area contributed by atoms with Crippen molar-refractivity contribution >= 4 is 21.8 Å². The smallest absolute Gasteiger partial charge is 0.241 e. The van der Waals surface area contributed by atoms with Gasteiger partial charge in [-0.05, 0) is 41.1 Å². The van der Waals surface area contributed by atoms with Gasteiger partial charge in [0.1, 0.15) is 18.4 Å². The summed E-state index contributed by atoms with van der Waals surface area (Å²) in [5.74, 6) is 0.678. The van der Waals surface area contributed by atoms with Gasteiger partial charge in [0.15, 0.2) is 0 Å². The van der Waals surface area contributed by atoms with E-state index in [2.05, 4.69) is 26.3 Å². The van der Waals surface area contributed by atoms with Crippen LogP contribution in [0.5, 0.6) is 5.75 Å².